The van der Waals surface area contributed by atoms with E-state index in [0.29, 0.717) is 16.8 Å². The molecule has 0 unspecified atom stereocenters. The van der Waals surface area contributed by atoms with Crippen molar-refractivity contribution < 1.29 is 4.79 Å². The van der Waals surface area contributed by atoms with E-state index in [9.17, 15) is 4.79 Å². The van der Waals surface area contributed by atoms with Crippen molar-refractivity contribution in [3.8, 4) is 0 Å². The van der Waals surface area contributed by atoms with E-state index in [1.165, 1.54) is 11.3 Å². The summed E-state index contributed by atoms with van der Waals surface area (Å²) in [5.41, 5.74) is 1.05. The van der Waals surface area contributed by atoms with Crippen LogP contribution in [0, 0.1) is 13.8 Å². The minimum Gasteiger partial charge on any atom is -0.357 e. The van der Waals surface area contributed by atoms with Crippen LogP contribution < -0.4 is 10.6 Å². The quantitative estimate of drug-likeness (QED) is 0.883. The number of aryl methyl sites for hydroxylation is 2. The molecule has 0 fully saturated rings. The lowest BCUT2D eigenvalue weighted by Gasteiger charge is -2.04. The van der Waals surface area contributed by atoms with Crippen LogP contribution >= 0.6 is 11.3 Å². The van der Waals surface area contributed by atoms with E-state index in [2.05, 4.69) is 25.6 Å². The molecule has 0 aromatic carbocycles. The number of amides is 1. The lowest BCUT2D eigenvalue weighted by Crippen LogP contribution is -2.15. The largest absolute Gasteiger partial charge is 0.357 e. The molecular weight excluding hydrogens is 250 g/mol. The van der Waals surface area contributed by atoms with Gasteiger partial charge in [0.2, 0.25) is 5.95 Å². The Kier molecular flexibility index (Phi) is 3.52. The fourth-order valence-electron chi connectivity index (χ4n) is 1.37. The summed E-state index contributed by atoms with van der Waals surface area (Å²) in [4.78, 5) is 25.3. The fourth-order valence-corrected chi connectivity index (χ4v) is 2.03. The van der Waals surface area contributed by atoms with E-state index in [0.717, 1.165) is 10.6 Å². The minimum absolute atomic E-state index is 0.286. The second-order valence-electron chi connectivity index (χ2n) is 3.70. The van der Waals surface area contributed by atoms with E-state index >= 15 is 0 Å². The van der Waals surface area contributed by atoms with Gasteiger partial charge in [-0.2, -0.15) is 0 Å². The normalized spacial score (nSPS) is 10.2. The third kappa shape index (κ3) is 2.80. The highest BCUT2D eigenvalue weighted by Gasteiger charge is 2.11. The SMILES string of the molecule is CNc1nc(C)cc(C(=O)Nc2ncc(C)s2)n1. The van der Waals surface area contributed by atoms with Gasteiger partial charge < -0.3 is 5.32 Å². The maximum Gasteiger partial charge on any atom is 0.276 e. The van der Waals surface area contributed by atoms with Crippen molar-refractivity contribution in [1.82, 2.24) is 15.0 Å². The van der Waals surface area contributed by atoms with Gasteiger partial charge in [-0.3, -0.25) is 10.1 Å². The summed E-state index contributed by atoms with van der Waals surface area (Å²) in [6, 6.07) is 1.64. The summed E-state index contributed by atoms with van der Waals surface area (Å²) in [5.74, 6) is 0.141. The summed E-state index contributed by atoms with van der Waals surface area (Å²) >= 11 is 1.42. The monoisotopic (exact) mass is 263 g/mol. The fraction of sp³-hybridized carbons (Fsp3) is 0.273. The zero-order valence-corrected chi connectivity index (χ0v) is 11.1. The van der Waals surface area contributed by atoms with Crippen LogP contribution in [-0.4, -0.2) is 27.9 Å². The molecular formula is C11H13N5OS. The molecule has 0 spiro atoms. The number of nitrogens with one attached hydrogen (secondary N) is 2. The number of aromatic nitrogens is 3. The zero-order valence-electron chi connectivity index (χ0n) is 10.3. The standard InChI is InChI=1S/C11H13N5OS/c1-6-4-8(15-10(12-3)14-6)9(17)16-11-13-5-7(2)18-11/h4-5H,1-3H3,(H,12,14,15)(H,13,16,17). The molecule has 94 valence electrons. The minimum atomic E-state index is -0.286. The molecule has 7 heteroatoms. The maximum absolute atomic E-state index is 12.0. The number of hydrogen-bond acceptors (Lipinski definition) is 6. The predicted molar refractivity (Wildman–Crippen MR) is 71.1 cm³/mol. The van der Waals surface area contributed by atoms with Crippen LogP contribution in [0.2, 0.25) is 0 Å². The topological polar surface area (TPSA) is 79.8 Å². The lowest BCUT2D eigenvalue weighted by atomic mass is 10.3. The molecule has 6 nitrogen and oxygen atoms in total. The van der Waals surface area contributed by atoms with Crippen LogP contribution in [0.5, 0.6) is 0 Å². The average molecular weight is 263 g/mol. The lowest BCUT2D eigenvalue weighted by molar-refractivity contribution is 0.102. The predicted octanol–water partition coefficient (Wildman–Crippen LogP) is 1.84. The van der Waals surface area contributed by atoms with Gasteiger partial charge in [0.1, 0.15) is 5.69 Å². The molecule has 2 heterocycles. The second kappa shape index (κ2) is 5.09. The number of rotatable bonds is 3. The smallest absolute Gasteiger partial charge is 0.276 e. The average Bonchev–Trinajstić information content (AvgIpc) is 2.73. The molecule has 2 N–H and O–H groups in total. The van der Waals surface area contributed by atoms with Gasteiger partial charge in [0, 0.05) is 23.8 Å². The number of thiazole rings is 1. The van der Waals surface area contributed by atoms with Crippen molar-refractivity contribution in [2.75, 3.05) is 17.7 Å². The molecule has 0 aliphatic rings. The van der Waals surface area contributed by atoms with Crippen LogP contribution in [0.4, 0.5) is 11.1 Å². The first-order valence-corrected chi connectivity index (χ1v) is 6.17. The third-order valence-corrected chi connectivity index (χ3v) is 2.98. The highest BCUT2D eigenvalue weighted by molar-refractivity contribution is 7.15. The summed E-state index contributed by atoms with van der Waals surface area (Å²) in [7, 11) is 1.71. The Bertz CT molecular complexity index is 581. The van der Waals surface area contributed by atoms with Crippen LogP contribution in [-0.2, 0) is 0 Å². The molecule has 0 saturated carbocycles. The third-order valence-electron chi connectivity index (χ3n) is 2.15. The van der Waals surface area contributed by atoms with Crippen LogP contribution in [0.15, 0.2) is 12.3 Å². The Morgan fingerprint density at radius 2 is 2.11 bits per heavy atom. The van der Waals surface area contributed by atoms with E-state index in [1.807, 2.05) is 13.8 Å². The van der Waals surface area contributed by atoms with Gasteiger partial charge in [-0.05, 0) is 19.9 Å². The van der Waals surface area contributed by atoms with Crippen LogP contribution in [0.1, 0.15) is 21.1 Å². The van der Waals surface area contributed by atoms with Crippen molar-refractivity contribution >= 4 is 28.3 Å². The number of nitrogens with zero attached hydrogens (tertiary/aromatic N) is 3. The van der Waals surface area contributed by atoms with Gasteiger partial charge in [-0.1, -0.05) is 0 Å². The number of carbonyl (C=O) groups excluding carboxylic acids is 1. The van der Waals surface area contributed by atoms with E-state index in [-0.39, 0.29) is 5.91 Å². The summed E-state index contributed by atoms with van der Waals surface area (Å²) in [6.45, 7) is 3.74. The van der Waals surface area contributed by atoms with Gasteiger partial charge in [-0.25, -0.2) is 15.0 Å². The maximum atomic E-state index is 12.0. The second-order valence-corrected chi connectivity index (χ2v) is 4.93. The van der Waals surface area contributed by atoms with Crippen molar-refractivity contribution in [1.29, 1.82) is 0 Å². The van der Waals surface area contributed by atoms with Crippen LogP contribution in [0.3, 0.4) is 0 Å². The molecule has 0 saturated heterocycles. The van der Waals surface area contributed by atoms with Crippen molar-refractivity contribution in [3.05, 3.63) is 28.5 Å². The van der Waals surface area contributed by atoms with Crippen LogP contribution in [0.25, 0.3) is 0 Å². The van der Waals surface area contributed by atoms with Crippen molar-refractivity contribution in [2.45, 2.75) is 13.8 Å². The Balaban J connectivity index is 2.20. The molecule has 0 radical (unpaired) electrons. The van der Waals surface area contributed by atoms with Gasteiger partial charge in [0.05, 0.1) is 0 Å². The van der Waals surface area contributed by atoms with Crippen molar-refractivity contribution in [2.24, 2.45) is 0 Å². The molecule has 2 aromatic heterocycles. The Labute approximate surface area is 109 Å². The number of carbonyl (C=O) groups is 1. The first-order valence-electron chi connectivity index (χ1n) is 5.35. The summed E-state index contributed by atoms with van der Waals surface area (Å²) in [6.07, 6.45) is 1.71. The first-order chi connectivity index (χ1) is 8.58. The number of anilines is 2. The number of hydrogen-bond donors (Lipinski definition) is 2. The molecule has 2 aromatic rings. The Morgan fingerprint density at radius 1 is 1.33 bits per heavy atom. The van der Waals surface area contributed by atoms with Gasteiger partial charge >= 0.3 is 0 Å². The van der Waals surface area contributed by atoms with Crippen molar-refractivity contribution in [3.63, 3.8) is 0 Å². The molecule has 1 amide bonds. The van der Waals surface area contributed by atoms with E-state index < -0.39 is 0 Å². The first kappa shape index (κ1) is 12.4. The van der Waals surface area contributed by atoms with E-state index in [4.69, 9.17) is 0 Å². The summed E-state index contributed by atoms with van der Waals surface area (Å²) < 4.78 is 0. The van der Waals surface area contributed by atoms with Gasteiger partial charge in [-0.15, -0.1) is 11.3 Å². The molecule has 18 heavy (non-hydrogen) atoms. The molecule has 2 rings (SSSR count). The molecule has 0 bridgehead atoms. The molecule has 0 aliphatic heterocycles. The summed E-state index contributed by atoms with van der Waals surface area (Å²) in [5, 5.41) is 6.09. The Hall–Kier alpha value is -2.02. The molecule has 0 aliphatic carbocycles. The zero-order chi connectivity index (χ0) is 13.1. The van der Waals surface area contributed by atoms with Gasteiger partial charge in [0.15, 0.2) is 5.13 Å². The van der Waals surface area contributed by atoms with E-state index in [1.54, 1.807) is 19.3 Å². The molecule has 0 atom stereocenters. The highest BCUT2D eigenvalue weighted by atomic mass is 32.1. The van der Waals surface area contributed by atoms with Gasteiger partial charge in [0.25, 0.3) is 5.91 Å². The Morgan fingerprint density at radius 3 is 2.72 bits per heavy atom. The highest BCUT2D eigenvalue weighted by Crippen LogP contribution is 2.17.